The molecule has 0 spiro atoms. The van der Waals surface area contributed by atoms with Gasteiger partial charge in [0.05, 0.1) is 12.3 Å². The van der Waals surface area contributed by atoms with Crippen molar-refractivity contribution in [3.05, 3.63) is 11.9 Å². The summed E-state index contributed by atoms with van der Waals surface area (Å²) >= 11 is 0. The van der Waals surface area contributed by atoms with E-state index in [4.69, 9.17) is 0 Å². The molecule has 0 bridgehead atoms. The number of carbonyl (C=O) groups excluding carboxylic acids is 1. The van der Waals surface area contributed by atoms with E-state index in [1.807, 2.05) is 11.8 Å². The first-order valence-corrected chi connectivity index (χ1v) is 7.06. The van der Waals surface area contributed by atoms with Gasteiger partial charge in [-0.25, -0.2) is 4.68 Å². The molecule has 1 aliphatic rings. The van der Waals surface area contributed by atoms with Crippen molar-refractivity contribution in [3.63, 3.8) is 0 Å². The minimum atomic E-state index is -0.595. The molecule has 0 saturated carbocycles. The maximum Gasteiger partial charge on any atom is 0.244 e. The van der Waals surface area contributed by atoms with E-state index in [0.29, 0.717) is 12.1 Å². The molecule has 1 unspecified atom stereocenters. The first-order chi connectivity index (χ1) is 9.20. The van der Waals surface area contributed by atoms with Crippen LogP contribution in [0.3, 0.4) is 0 Å². The summed E-state index contributed by atoms with van der Waals surface area (Å²) in [5.74, 6) is 0.0874. The molecule has 0 radical (unpaired) electrons. The van der Waals surface area contributed by atoms with E-state index in [9.17, 15) is 9.90 Å². The SMILES string of the molecule is CCC(O)c1cn(CC(=O)N2CCCCCC2)nn1. The molecule has 0 aromatic carbocycles. The number of aromatic nitrogens is 3. The molecular formula is C13H22N4O2. The number of likely N-dealkylation sites (tertiary alicyclic amines) is 1. The molecule has 2 heterocycles. The summed E-state index contributed by atoms with van der Waals surface area (Å²) < 4.78 is 1.52. The molecule has 1 aromatic heterocycles. The normalized spacial score (nSPS) is 18.1. The highest BCUT2D eigenvalue weighted by Crippen LogP contribution is 2.13. The summed E-state index contributed by atoms with van der Waals surface area (Å²) in [6.07, 6.45) is 6.25. The van der Waals surface area contributed by atoms with Crippen molar-refractivity contribution in [2.24, 2.45) is 0 Å². The second-order valence-electron chi connectivity index (χ2n) is 5.06. The van der Waals surface area contributed by atoms with E-state index in [0.717, 1.165) is 25.9 Å². The highest BCUT2D eigenvalue weighted by Gasteiger charge is 2.17. The third-order valence-corrected chi connectivity index (χ3v) is 3.54. The summed E-state index contributed by atoms with van der Waals surface area (Å²) in [5.41, 5.74) is 0.533. The monoisotopic (exact) mass is 266 g/mol. The Hall–Kier alpha value is -1.43. The molecule has 0 aliphatic carbocycles. The predicted molar refractivity (Wildman–Crippen MR) is 70.3 cm³/mol. The van der Waals surface area contributed by atoms with Crippen LogP contribution < -0.4 is 0 Å². The fourth-order valence-electron chi connectivity index (χ4n) is 2.31. The Morgan fingerprint density at radius 1 is 1.37 bits per heavy atom. The van der Waals surface area contributed by atoms with Crippen LogP contribution in [-0.4, -0.2) is 44.0 Å². The van der Waals surface area contributed by atoms with Crippen molar-refractivity contribution in [2.75, 3.05) is 13.1 Å². The van der Waals surface area contributed by atoms with Crippen molar-refractivity contribution in [3.8, 4) is 0 Å². The number of amides is 1. The Labute approximate surface area is 113 Å². The minimum absolute atomic E-state index is 0.0874. The van der Waals surface area contributed by atoms with Gasteiger partial charge in [0.1, 0.15) is 12.2 Å². The number of hydrogen-bond acceptors (Lipinski definition) is 4. The van der Waals surface area contributed by atoms with E-state index >= 15 is 0 Å². The molecule has 2 rings (SSSR count). The van der Waals surface area contributed by atoms with Gasteiger partial charge in [0.15, 0.2) is 0 Å². The molecule has 106 valence electrons. The lowest BCUT2D eigenvalue weighted by atomic mass is 10.2. The first-order valence-electron chi connectivity index (χ1n) is 7.06. The van der Waals surface area contributed by atoms with Crippen LogP contribution in [0.25, 0.3) is 0 Å². The van der Waals surface area contributed by atoms with Gasteiger partial charge in [0.25, 0.3) is 0 Å². The van der Waals surface area contributed by atoms with E-state index in [2.05, 4.69) is 10.3 Å². The maximum atomic E-state index is 12.1. The Kier molecular flexibility index (Phi) is 4.90. The van der Waals surface area contributed by atoms with Crippen molar-refractivity contribution >= 4 is 5.91 Å². The minimum Gasteiger partial charge on any atom is -0.387 e. The topological polar surface area (TPSA) is 71.2 Å². The molecule has 1 atom stereocenters. The van der Waals surface area contributed by atoms with Gasteiger partial charge >= 0.3 is 0 Å². The summed E-state index contributed by atoms with van der Waals surface area (Å²) in [7, 11) is 0. The lowest BCUT2D eigenvalue weighted by molar-refractivity contribution is -0.132. The number of hydrogen-bond donors (Lipinski definition) is 1. The van der Waals surface area contributed by atoms with Crippen molar-refractivity contribution in [1.29, 1.82) is 0 Å². The van der Waals surface area contributed by atoms with Gasteiger partial charge < -0.3 is 10.0 Å². The molecule has 1 aromatic rings. The van der Waals surface area contributed by atoms with Crippen LogP contribution in [0.4, 0.5) is 0 Å². The maximum absolute atomic E-state index is 12.1. The number of nitrogens with zero attached hydrogens (tertiary/aromatic N) is 4. The molecule has 1 amide bonds. The summed E-state index contributed by atoms with van der Waals surface area (Å²) in [6, 6.07) is 0. The lowest BCUT2D eigenvalue weighted by Gasteiger charge is -2.19. The van der Waals surface area contributed by atoms with Crippen LogP contribution in [0.2, 0.25) is 0 Å². The Bertz CT molecular complexity index is 411. The average Bonchev–Trinajstić information content (AvgIpc) is 2.71. The van der Waals surface area contributed by atoms with Gasteiger partial charge in [-0.3, -0.25) is 4.79 Å². The largest absolute Gasteiger partial charge is 0.387 e. The third-order valence-electron chi connectivity index (χ3n) is 3.54. The Balaban J connectivity index is 1.92. The zero-order valence-electron chi connectivity index (χ0n) is 11.5. The van der Waals surface area contributed by atoms with Crippen LogP contribution >= 0.6 is 0 Å². The molecule has 6 nitrogen and oxygen atoms in total. The molecule has 1 N–H and O–H groups in total. The number of aliphatic hydroxyl groups excluding tert-OH is 1. The van der Waals surface area contributed by atoms with E-state index in [1.165, 1.54) is 17.5 Å². The third kappa shape index (κ3) is 3.76. The Morgan fingerprint density at radius 3 is 2.68 bits per heavy atom. The van der Waals surface area contributed by atoms with Gasteiger partial charge in [-0.15, -0.1) is 5.10 Å². The fraction of sp³-hybridized carbons (Fsp3) is 0.769. The second kappa shape index (κ2) is 6.65. The van der Waals surface area contributed by atoms with E-state index in [1.54, 1.807) is 6.20 Å². The number of aliphatic hydroxyl groups is 1. The van der Waals surface area contributed by atoms with Crippen LogP contribution in [0.5, 0.6) is 0 Å². The van der Waals surface area contributed by atoms with Gasteiger partial charge in [-0.05, 0) is 19.3 Å². The zero-order valence-corrected chi connectivity index (χ0v) is 11.5. The highest BCUT2D eigenvalue weighted by atomic mass is 16.3. The number of carbonyl (C=O) groups is 1. The fourth-order valence-corrected chi connectivity index (χ4v) is 2.31. The molecule has 1 aliphatic heterocycles. The average molecular weight is 266 g/mol. The Morgan fingerprint density at radius 2 is 2.05 bits per heavy atom. The quantitative estimate of drug-likeness (QED) is 0.886. The van der Waals surface area contributed by atoms with Gasteiger partial charge in [-0.1, -0.05) is 25.0 Å². The second-order valence-corrected chi connectivity index (χ2v) is 5.06. The standard InChI is InChI=1S/C13H22N4O2/c1-2-12(18)11-9-17(15-14-11)10-13(19)16-7-5-3-4-6-8-16/h9,12,18H,2-8,10H2,1H3. The van der Waals surface area contributed by atoms with Crippen molar-refractivity contribution < 1.29 is 9.90 Å². The predicted octanol–water partition coefficient (Wildman–Crippen LogP) is 1.12. The van der Waals surface area contributed by atoms with Gasteiger partial charge in [0, 0.05) is 13.1 Å². The van der Waals surface area contributed by atoms with Crippen molar-refractivity contribution in [1.82, 2.24) is 19.9 Å². The number of rotatable bonds is 4. The first kappa shape index (κ1) is 14.0. The smallest absolute Gasteiger partial charge is 0.244 e. The van der Waals surface area contributed by atoms with Crippen molar-refractivity contribution in [2.45, 2.75) is 51.7 Å². The van der Waals surface area contributed by atoms with Crippen LogP contribution in [-0.2, 0) is 11.3 Å². The summed E-state index contributed by atoms with van der Waals surface area (Å²) in [6.45, 7) is 3.78. The van der Waals surface area contributed by atoms with E-state index < -0.39 is 6.10 Å². The molecular weight excluding hydrogens is 244 g/mol. The lowest BCUT2D eigenvalue weighted by Crippen LogP contribution is -2.34. The van der Waals surface area contributed by atoms with Crippen LogP contribution in [0, 0.1) is 0 Å². The molecule has 1 saturated heterocycles. The van der Waals surface area contributed by atoms with Crippen LogP contribution in [0.1, 0.15) is 50.8 Å². The van der Waals surface area contributed by atoms with E-state index in [-0.39, 0.29) is 12.5 Å². The summed E-state index contributed by atoms with van der Waals surface area (Å²) in [5, 5.41) is 17.4. The zero-order chi connectivity index (χ0) is 13.7. The molecule has 19 heavy (non-hydrogen) atoms. The summed E-state index contributed by atoms with van der Waals surface area (Å²) in [4.78, 5) is 14.1. The molecule has 6 heteroatoms. The van der Waals surface area contributed by atoms with Crippen LogP contribution in [0.15, 0.2) is 6.20 Å². The molecule has 1 fully saturated rings. The van der Waals surface area contributed by atoms with Gasteiger partial charge in [-0.2, -0.15) is 0 Å². The van der Waals surface area contributed by atoms with Gasteiger partial charge in [0.2, 0.25) is 5.91 Å². The highest BCUT2D eigenvalue weighted by molar-refractivity contribution is 5.75.